The molecule has 0 saturated carbocycles. The van der Waals surface area contributed by atoms with E-state index in [4.69, 9.17) is 28.4 Å². The number of carbonyl (C=O) groups excluding carboxylic acids is 2. The van der Waals surface area contributed by atoms with Gasteiger partial charge in [0.15, 0.2) is 0 Å². The van der Waals surface area contributed by atoms with Crippen molar-refractivity contribution in [3.8, 4) is 0 Å². The Labute approximate surface area is 180 Å². The normalized spacial score (nSPS) is 26.4. The van der Waals surface area contributed by atoms with Crippen molar-refractivity contribution in [2.24, 2.45) is 0 Å². The van der Waals surface area contributed by atoms with E-state index in [0.717, 1.165) is 38.5 Å². The van der Waals surface area contributed by atoms with E-state index >= 15 is 0 Å². The highest BCUT2D eigenvalue weighted by atomic mass is 16.7. The summed E-state index contributed by atoms with van der Waals surface area (Å²) in [6.45, 7) is 10.4. The number of rotatable bonds is 15. The molecule has 176 valence electrons. The van der Waals surface area contributed by atoms with E-state index in [-0.39, 0.29) is 6.61 Å². The molecule has 0 bridgehead atoms. The molecule has 0 aliphatic carbocycles. The molecular weight excluding hydrogens is 392 g/mol. The second kappa shape index (κ2) is 15.6. The van der Waals surface area contributed by atoms with Crippen molar-refractivity contribution >= 4 is 11.9 Å². The summed E-state index contributed by atoms with van der Waals surface area (Å²) in [7, 11) is 0. The van der Waals surface area contributed by atoms with Crippen LogP contribution in [0.25, 0.3) is 0 Å². The van der Waals surface area contributed by atoms with Gasteiger partial charge in [0.1, 0.15) is 31.0 Å². The molecule has 8 heteroatoms. The quantitative estimate of drug-likeness (QED) is 0.287. The van der Waals surface area contributed by atoms with Crippen LogP contribution in [0.1, 0.15) is 73.1 Å². The van der Waals surface area contributed by atoms with Crippen molar-refractivity contribution in [3.63, 3.8) is 0 Å². The van der Waals surface area contributed by atoms with E-state index in [0.29, 0.717) is 19.8 Å². The summed E-state index contributed by atoms with van der Waals surface area (Å²) in [6, 6.07) is 0. The van der Waals surface area contributed by atoms with Crippen molar-refractivity contribution in [1.29, 1.82) is 0 Å². The van der Waals surface area contributed by atoms with Crippen molar-refractivity contribution in [1.82, 2.24) is 0 Å². The van der Waals surface area contributed by atoms with E-state index in [1.165, 1.54) is 13.8 Å². The highest BCUT2D eigenvalue weighted by Gasteiger charge is 2.50. The predicted octanol–water partition coefficient (Wildman–Crippen LogP) is 3.39. The summed E-state index contributed by atoms with van der Waals surface area (Å²) < 4.78 is 35.1. The first-order valence-electron chi connectivity index (χ1n) is 11.2. The smallest absolute Gasteiger partial charge is 0.305 e. The maximum Gasteiger partial charge on any atom is 0.305 e. The highest BCUT2D eigenvalue weighted by Crippen LogP contribution is 2.30. The van der Waals surface area contributed by atoms with E-state index < -0.39 is 42.6 Å². The lowest BCUT2D eigenvalue weighted by molar-refractivity contribution is -0.314. The van der Waals surface area contributed by atoms with Gasteiger partial charge in [0, 0.05) is 33.7 Å². The lowest BCUT2D eigenvalue weighted by Gasteiger charge is -2.45. The third-order valence-corrected chi connectivity index (χ3v) is 4.75. The highest BCUT2D eigenvalue weighted by molar-refractivity contribution is 5.66. The largest absolute Gasteiger partial charge is 0.463 e. The number of hydrogen-bond acceptors (Lipinski definition) is 8. The van der Waals surface area contributed by atoms with E-state index in [1.807, 2.05) is 0 Å². The molecule has 0 aromatic rings. The molecule has 0 aromatic heterocycles. The van der Waals surface area contributed by atoms with Gasteiger partial charge in [-0.3, -0.25) is 9.59 Å². The van der Waals surface area contributed by atoms with E-state index in [9.17, 15) is 9.59 Å². The van der Waals surface area contributed by atoms with Crippen LogP contribution < -0.4 is 0 Å². The molecule has 0 N–H and O–H groups in total. The molecule has 0 spiro atoms. The first-order valence-corrected chi connectivity index (χ1v) is 11.2. The van der Waals surface area contributed by atoms with Crippen LogP contribution in [0.4, 0.5) is 0 Å². The van der Waals surface area contributed by atoms with Gasteiger partial charge in [-0.2, -0.15) is 0 Å². The molecule has 1 saturated heterocycles. The number of hydrogen-bond donors (Lipinski definition) is 0. The van der Waals surface area contributed by atoms with E-state index in [1.54, 1.807) is 0 Å². The summed E-state index contributed by atoms with van der Waals surface area (Å²) in [5.41, 5.74) is 0. The SMILES string of the molecule is CCCCOC1C(OCCCC)[C@H](OCCCC)C(COC(C)=O)O[C@H]1OC(C)=O. The summed E-state index contributed by atoms with van der Waals surface area (Å²) in [4.78, 5) is 23.1. The fraction of sp³-hybridized carbons (Fsp3) is 0.909. The predicted molar refractivity (Wildman–Crippen MR) is 111 cm³/mol. The fourth-order valence-corrected chi connectivity index (χ4v) is 3.13. The van der Waals surface area contributed by atoms with Crippen LogP contribution in [-0.2, 0) is 38.0 Å². The van der Waals surface area contributed by atoms with Gasteiger partial charge < -0.3 is 28.4 Å². The monoisotopic (exact) mass is 432 g/mol. The van der Waals surface area contributed by atoms with Gasteiger partial charge in [0.05, 0.1) is 0 Å². The average Bonchev–Trinajstić information content (AvgIpc) is 2.69. The Kier molecular flexibility index (Phi) is 13.9. The second-order valence-electron chi connectivity index (χ2n) is 7.52. The van der Waals surface area contributed by atoms with Crippen molar-refractivity contribution in [3.05, 3.63) is 0 Å². The molecule has 5 atom stereocenters. The zero-order valence-corrected chi connectivity index (χ0v) is 19.2. The van der Waals surface area contributed by atoms with Gasteiger partial charge in [-0.25, -0.2) is 0 Å². The van der Waals surface area contributed by atoms with Crippen LogP contribution in [0.5, 0.6) is 0 Å². The summed E-state index contributed by atoms with van der Waals surface area (Å²) in [5, 5.41) is 0. The first-order chi connectivity index (χ1) is 14.4. The summed E-state index contributed by atoms with van der Waals surface area (Å²) in [5.74, 6) is -0.896. The summed E-state index contributed by atoms with van der Waals surface area (Å²) >= 11 is 0. The molecule has 30 heavy (non-hydrogen) atoms. The van der Waals surface area contributed by atoms with Crippen LogP contribution in [-0.4, -0.2) is 69.1 Å². The van der Waals surface area contributed by atoms with Gasteiger partial charge in [-0.05, 0) is 19.3 Å². The topological polar surface area (TPSA) is 89.5 Å². The zero-order valence-electron chi connectivity index (χ0n) is 19.2. The van der Waals surface area contributed by atoms with Crippen molar-refractivity contribution < 1.29 is 38.0 Å². The number of esters is 2. The molecule has 3 unspecified atom stereocenters. The minimum atomic E-state index is -0.961. The molecule has 1 heterocycles. The minimum absolute atomic E-state index is 0.0147. The van der Waals surface area contributed by atoms with Gasteiger partial charge >= 0.3 is 11.9 Å². The molecular formula is C22H40O8. The van der Waals surface area contributed by atoms with Crippen LogP contribution in [0, 0.1) is 0 Å². The Morgan fingerprint density at radius 2 is 1.23 bits per heavy atom. The van der Waals surface area contributed by atoms with E-state index in [2.05, 4.69) is 20.8 Å². The molecule has 0 radical (unpaired) electrons. The van der Waals surface area contributed by atoms with Gasteiger partial charge in [-0.1, -0.05) is 40.0 Å². The van der Waals surface area contributed by atoms with Crippen LogP contribution in [0.2, 0.25) is 0 Å². The maximum absolute atomic E-state index is 11.7. The molecule has 1 fully saturated rings. The van der Waals surface area contributed by atoms with Crippen LogP contribution in [0.3, 0.4) is 0 Å². The van der Waals surface area contributed by atoms with Crippen molar-refractivity contribution in [2.45, 2.75) is 104 Å². The second-order valence-corrected chi connectivity index (χ2v) is 7.52. The van der Waals surface area contributed by atoms with Crippen LogP contribution >= 0.6 is 0 Å². The number of unbranched alkanes of at least 4 members (excludes halogenated alkanes) is 3. The van der Waals surface area contributed by atoms with Gasteiger partial charge in [0.25, 0.3) is 0 Å². The Bertz CT molecular complexity index is 484. The Morgan fingerprint density at radius 1 is 0.733 bits per heavy atom. The third-order valence-electron chi connectivity index (χ3n) is 4.75. The summed E-state index contributed by atoms with van der Waals surface area (Å²) in [6.07, 6.45) is 2.33. The Balaban J connectivity index is 3.12. The first kappa shape index (κ1) is 26.8. The average molecular weight is 433 g/mol. The lowest BCUT2D eigenvalue weighted by Crippen LogP contribution is -2.62. The lowest BCUT2D eigenvalue weighted by atomic mass is 9.98. The van der Waals surface area contributed by atoms with Gasteiger partial charge in [-0.15, -0.1) is 0 Å². The van der Waals surface area contributed by atoms with Gasteiger partial charge in [0.2, 0.25) is 6.29 Å². The fourth-order valence-electron chi connectivity index (χ4n) is 3.13. The third kappa shape index (κ3) is 9.73. The van der Waals surface area contributed by atoms with Crippen LogP contribution in [0.15, 0.2) is 0 Å². The van der Waals surface area contributed by atoms with Crippen molar-refractivity contribution in [2.75, 3.05) is 26.4 Å². The Morgan fingerprint density at radius 3 is 1.70 bits per heavy atom. The molecule has 1 aliphatic heterocycles. The maximum atomic E-state index is 11.7. The molecule has 1 rings (SSSR count). The minimum Gasteiger partial charge on any atom is -0.463 e. The molecule has 1 aliphatic rings. The molecule has 8 nitrogen and oxygen atoms in total. The Hall–Kier alpha value is -1.22. The standard InChI is InChI=1S/C22H40O8/c1-6-9-12-25-19-18(15-28-16(4)23)30-22(29-17(5)24)21(27-14-11-8-3)20(19)26-13-10-7-2/h18-22H,6-15H2,1-5H3/t18?,19-,20?,21?,22-/m1/s1. The molecule has 0 aromatic carbocycles. The molecule has 0 amide bonds. The zero-order chi connectivity index (χ0) is 22.4. The number of carbonyl (C=O) groups is 2. The number of ether oxygens (including phenoxy) is 6.